The molecule has 8 heteroatoms. The molecule has 0 aliphatic heterocycles. The van der Waals surface area contributed by atoms with Gasteiger partial charge in [-0.15, -0.1) is 0 Å². The summed E-state index contributed by atoms with van der Waals surface area (Å²) in [6.45, 7) is 0. The summed E-state index contributed by atoms with van der Waals surface area (Å²) in [6, 6.07) is 8.32. The molecule has 0 fully saturated rings. The van der Waals surface area contributed by atoms with Gasteiger partial charge in [0.05, 0.1) is 12.0 Å². The van der Waals surface area contributed by atoms with Gasteiger partial charge in [0, 0.05) is 30.1 Å². The number of nitro groups is 1. The molecule has 0 saturated carbocycles. The van der Waals surface area contributed by atoms with E-state index in [2.05, 4.69) is 15.0 Å². The minimum absolute atomic E-state index is 0.0629. The quantitative estimate of drug-likeness (QED) is 0.389. The number of hydrogen-bond donors (Lipinski definition) is 1. The Morgan fingerprint density at radius 3 is 2.33 bits per heavy atom. The molecule has 0 radical (unpaired) electrons. The second kappa shape index (κ2) is 7.63. The molecule has 0 atom stereocenters. The van der Waals surface area contributed by atoms with Crippen molar-refractivity contribution in [1.82, 2.24) is 10.3 Å². The van der Waals surface area contributed by atoms with Crippen LogP contribution in [0, 0.1) is 10.1 Å². The number of nitro benzene ring substituents is 1. The molecule has 1 aromatic carbocycles. The van der Waals surface area contributed by atoms with Crippen LogP contribution in [0.3, 0.4) is 0 Å². The highest BCUT2D eigenvalue weighted by Gasteiger charge is 2.16. The predicted molar refractivity (Wildman–Crippen MR) is 84.8 cm³/mol. The number of aromatic nitrogens is 1. The highest BCUT2D eigenvalue weighted by molar-refractivity contribution is 6.03. The minimum Gasteiger partial charge on any atom is -0.464 e. The zero-order chi connectivity index (χ0) is 17.5. The van der Waals surface area contributed by atoms with Crippen LogP contribution in [-0.2, 0) is 9.53 Å². The molecule has 1 amide bonds. The Morgan fingerprint density at radius 1 is 1.17 bits per heavy atom. The lowest BCUT2D eigenvalue weighted by atomic mass is 10.1. The summed E-state index contributed by atoms with van der Waals surface area (Å²) in [5.41, 5.74) is 0.624. The highest BCUT2D eigenvalue weighted by Crippen LogP contribution is 2.13. The predicted octanol–water partition coefficient (Wildman–Crippen LogP) is 1.93. The van der Waals surface area contributed by atoms with Crippen molar-refractivity contribution in [2.24, 2.45) is 0 Å². The standard InChI is InChI=1S/C16H13N3O5/c1-24-16(21)14(10-11-6-8-17-9-7-11)18-15(20)12-2-4-13(5-3-12)19(22)23/h2-10H,1H3,(H,18,20). The van der Waals surface area contributed by atoms with Crippen LogP contribution in [0.2, 0.25) is 0 Å². The topological polar surface area (TPSA) is 111 Å². The number of methoxy groups -OCH3 is 1. The molecule has 0 spiro atoms. The van der Waals surface area contributed by atoms with E-state index in [1.165, 1.54) is 37.5 Å². The van der Waals surface area contributed by atoms with Gasteiger partial charge >= 0.3 is 5.97 Å². The first kappa shape index (κ1) is 16.8. The van der Waals surface area contributed by atoms with E-state index in [9.17, 15) is 19.7 Å². The first-order chi connectivity index (χ1) is 11.5. The van der Waals surface area contributed by atoms with Gasteiger partial charge in [0.2, 0.25) is 0 Å². The van der Waals surface area contributed by atoms with Gasteiger partial charge in [-0.3, -0.25) is 19.9 Å². The molecule has 2 aromatic rings. The molecular formula is C16H13N3O5. The van der Waals surface area contributed by atoms with Gasteiger partial charge in [0.1, 0.15) is 5.70 Å². The fraction of sp³-hybridized carbons (Fsp3) is 0.0625. The first-order valence-corrected chi connectivity index (χ1v) is 6.77. The number of pyridine rings is 1. The summed E-state index contributed by atoms with van der Waals surface area (Å²) in [5.74, 6) is -1.31. The summed E-state index contributed by atoms with van der Waals surface area (Å²) in [7, 11) is 1.20. The number of hydrogen-bond acceptors (Lipinski definition) is 6. The highest BCUT2D eigenvalue weighted by atomic mass is 16.6. The Kier molecular flexibility index (Phi) is 5.35. The van der Waals surface area contributed by atoms with Gasteiger partial charge < -0.3 is 10.1 Å². The summed E-state index contributed by atoms with van der Waals surface area (Å²) in [4.78, 5) is 37.9. The average molecular weight is 327 g/mol. The van der Waals surface area contributed by atoms with E-state index >= 15 is 0 Å². The van der Waals surface area contributed by atoms with Gasteiger partial charge in [0.25, 0.3) is 11.6 Å². The van der Waals surface area contributed by atoms with Crippen molar-refractivity contribution < 1.29 is 19.2 Å². The number of esters is 1. The molecule has 0 aliphatic rings. The number of non-ortho nitro benzene ring substituents is 1. The third-order valence-electron chi connectivity index (χ3n) is 3.01. The molecule has 0 bridgehead atoms. The Labute approximate surface area is 136 Å². The van der Waals surface area contributed by atoms with Gasteiger partial charge in [-0.2, -0.15) is 0 Å². The fourth-order valence-electron chi connectivity index (χ4n) is 1.81. The molecule has 0 unspecified atom stereocenters. The molecule has 24 heavy (non-hydrogen) atoms. The molecule has 1 aromatic heterocycles. The number of nitrogens with one attached hydrogen (secondary N) is 1. The normalized spacial score (nSPS) is 10.8. The van der Waals surface area contributed by atoms with Crippen LogP contribution in [-0.4, -0.2) is 28.9 Å². The number of carbonyl (C=O) groups excluding carboxylic acids is 2. The number of ether oxygens (including phenoxy) is 1. The third kappa shape index (κ3) is 4.23. The number of nitrogens with zero attached hydrogens (tertiary/aromatic N) is 2. The van der Waals surface area contributed by atoms with Crippen molar-refractivity contribution in [2.45, 2.75) is 0 Å². The second-order valence-electron chi connectivity index (χ2n) is 4.59. The van der Waals surface area contributed by atoms with Gasteiger partial charge in [0.15, 0.2) is 0 Å². The maximum absolute atomic E-state index is 12.2. The van der Waals surface area contributed by atoms with Crippen LogP contribution >= 0.6 is 0 Å². The van der Waals surface area contributed by atoms with Crippen LogP contribution in [0.4, 0.5) is 5.69 Å². The van der Waals surface area contributed by atoms with Crippen LogP contribution < -0.4 is 5.32 Å². The average Bonchev–Trinajstić information content (AvgIpc) is 2.61. The summed E-state index contributed by atoms with van der Waals surface area (Å²) < 4.78 is 4.65. The number of rotatable bonds is 5. The van der Waals surface area contributed by atoms with Crippen molar-refractivity contribution in [1.29, 1.82) is 0 Å². The first-order valence-electron chi connectivity index (χ1n) is 6.77. The maximum atomic E-state index is 12.2. The molecule has 122 valence electrons. The SMILES string of the molecule is COC(=O)C(=Cc1ccncc1)NC(=O)c1ccc([N+](=O)[O-])cc1. The molecule has 8 nitrogen and oxygen atoms in total. The van der Waals surface area contributed by atoms with E-state index in [1.54, 1.807) is 24.5 Å². The van der Waals surface area contributed by atoms with Crippen LogP contribution in [0.15, 0.2) is 54.5 Å². The smallest absolute Gasteiger partial charge is 0.354 e. The Morgan fingerprint density at radius 2 is 1.79 bits per heavy atom. The number of carbonyl (C=O) groups is 2. The second-order valence-corrected chi connectivity index (χ2v) is 4.59. The minimum atomic E-state index is -0.720. The van der Waals surface area contributed by atoms with Crippen molar-refractivity contribution >= 4 is 23.6 Å². The van der Waals surface area contributed by atoms with Gasteiger partial charge in [-0.05, 0) is 35.9 Å². The van der Waals surface area contributed by atoms with Crippen molar-refractivity contribution in [3.8, 4) is 0 Å². The largest absolute Gasteiger partial charge is 0.464 e. The monoisotopic (exact) mass is 327 g/mol. The zero-order valence-electron chi connectivity index (χ0n) is 12.6. The maximum Gasteiger partial charge on any atom is 0.354 e. The summed E-state index contributed by atoms with van der Waals surface area (Å²) in [5, 5.41) is 13.1. The van der Waals surface area contributed by atoms with Crippen molar-refractivity contribution in [2.75, 3.05) is 7.11 Å². The molecule has 1 heterocycles. The third-order valence-corrected chi connectivity index (χ3v) is 3.01. The Balaban J connectivity index is 2.23. The summed E-state index contributed by atoms with van der Waals surface area (Å²) in [6.07, 6.45) is 4.52. The van der Waals surface area contributed by atoms with E-state index in [4.69, 9.17) is 0 Å². The lowest BCUT2D eigenvalue weighted by Crippen LogP contribution is -2.28. The molecule has 0 aliphatic carbocycles. The lowest BCUT2D eigenvalue weighted by Gasteiger charge is -2.08. The van der Waals surface area contributed by atoms with Crippen molar-refractivity contribution in [3.63, 3.8) is 0 Å². The number of amides is 1. The lowest BCUT2D eigenvalue weighted by molar-refractivity contribution is -0.384. The van der Waals surface area contributed by atoms with E-state index in [-0.39, 0.29) is 16.9 Å². The Bertz CT molecular complexity index is 785. The van der Waals surface area contributed by atoms with Gasteiger partial charge in [-0.1, -0.05) is 0 Å². The molecule has 0 saturated heterocycles. The van der Waals surface area contributed by atoms with Gasteiger partial charge in [-0.25, -0.2) is 4.79 Å². The van der Waals surface area contributed by atoms with Crippen LogP contribution in [0.1, 0.15) is 15.9 Å². The fourth-order valence-corrected chi connectivity index (χ4v) is 1.81. The van der Waals surface area contributed by atoms with Crippen LogP contribution in [0.5, 0.6) is 0 Å². The van der Waals surface area contributed by atoms with E-state index in [0.717, 1.165) is 0 Å². The Hall–Kier alpha value is -3.55. The van der Waals surface area contributed by atoms with E-state index < -0.39 is 16.8 Å². The number of benzene rings is 1. The zero-order valence-corrected chi connectivity index (χ0v) is 12.6. The van der Waals surface area contributed by atoms with Crippen molar-refractivity contribution in [3.05, 3.63) is 75.7 Å². The summed E-state index contributed by atoms with van der Waals surface area (Å²) >= 11 is 0. The van der Waals surface area contributed by atoms with E-state index in [1.807, 2.05) is 0 Å². The molecule has 2 rings (SSSR count). The molecule has 1 N–H and O–H groups in total. The van der Waals surface area contributed by atoms with Crippen LogP contribution in [0.25, 0.3) is 6.08 Å². The molecular weight excluding hydrogens is 314 g/mol. The van der Waals surface area contributed by atoms with E-state index in [0.29, 0.717) is 5.56 Å².